The Kier molecular flexibility index (Phi) is 6.62. The number of benzene rings is 1. The second-order valence-electron chi connectivity index (χ2n) is 9.00. The van der Waals surface area contributed by atoms with E-state index in [1.165, 1.54) is 0 Å². The van der Waals surface area contributed by atoms with E-state index in [9.17, 15) is 9.59 Å². The van der Waals surface area contributed by atoms with E-state index in [2.05, 4.69) is 15.3 Å². The number of nitrogens with one attached hydrogen (secondary N) is 1. The molecular weight excluding hydrogens is 485 g/mol. The molecule has 0 aliphatic heterocycles. The summed E-state index contributed by atoms with van der Waals surface area (Å²) in [4.78, 5) is 34.9. The second-order valence-corrected chi connectivity index (χ2v) is 9.85. The van der Waals surface area contributed by atoms with Crippen LogP contribution in [0.3, 0.4) is 0 Å². The highest BCUT2D eigenvalue weighted by atomic mass is 35.5. The van der Waals surface area contributed by atoms with Gasteiger partial charge in [0.15, 0.2) is 5.65 Å². The second kappa shape index (κ2) is 9.84. The van der Waals surface area contributed by atoms with Crippen LogP contribution in [0.2, 0.25) is 10.0 Å². The van der Waals surface area contributed by atoms with Crippen molar-refractivity contribution < 1.29 is 4.79 Å². The van der Waals surface area contributed by atoms with Gasteiger partial charge in [-0.3, -0.25) is 14.3 Å². The van der Waals surface area contributed by atoms with Gasteiger partial charge in [0, 0.05) is 25.0 Å². The van der Waals surface area contributed by atoms with E-state index in [-0.39, 0.29) is 17.6 Å². The lowest BCUT2D eigenvalue weighted by atomic mass is 9.85. The normalized spacial score (nSPS) is 18.0. The molecule has 0 unspecified atom stereocenters. The average Bonchev–Trinajstić information content (AvgIpc) is 3.13. The summed E-state index contributed by atoms with van der Waals surface area (Å²) in [7, 11) is 0. The van der Waals surface area contributed by atoms with Crippen LogP contribution in [0.25, 0.3) is 16.9 Å². The van der Waals surface area contributed by atoms with Gasteiger partial charge >= 0.3 is 5.69 Å². The highest BCUT2D eigenvalue weighted by molar-refractivity contribution is 6.32. The van der Waals surface area contributed by atoms with Crippen LogP contribution in [-0.2, 0) is 6.54 Å². The fourth-order valence-electron chi connectivity index (χ4n) is 4.86. The number of hydrogen-bond donors (Lipinski definition) is 1. The molecule has 0 spiro atoms. The maximum absolute atomic E-state index is 13.5. The van der Waals surface area contributed by atoms with Gasteiger partial charge in [0.2, 0.25) is 0 Å². The third-order valence-corrected chi connectivity index (χ3v) is 7.23. The van der Waals surface area contributed by atoms with Gasteiger partial charge in [-0.2, -0.15) is 0 Å². The quantitative estimate of drug-likeness (QED) is 0.401. The maximum atomic E-state index is 13.5. The van der Waals surface area contributed by atoms with Crippen molar-refractivity contribution in [3.8, 4) is 5.69 Å². The van der Waals surface area contributed by atoms with Crippen molar-refractivity contribution in [3.05, 3.63) is 86.6 Å². The van der Waals surface area contributed by atoms with Crippen molar-refractivity contribution in [1.29, 1.82) is 0 Å². The van der Waals surface area contributed by atoms with Gasteiger partial charge in [-0.15, -0.1) is 0 Å². The van der Waals surface area contributed by atoms with Crippen molar-refractivity contribution in [1.82, 2.24) is 24.4 Å². The molecule has 9 heteroatoms. The molecule has 35 heavy (non-hydrogen) atoms. The number of halogens is 2. The highest BCUT2D eigenvalue weighted by Gasteiger charge is 2.26. The predicted molar refractivity (Wildman–Crippen MR) is 138 cm³/mol. The monoisotopic (exact) mass is 509 g/mol. The number of rotatable bonds is 5. The van der Waals surface area contributed by atoms with Crippen LogP contribution in [0, 0.1) is 12.8 Å². The number of para-hydroxylation sites is 1. The summed E-state index contributed by atoms with van der Waals surface area (Å²) in [6.45, 7) is 2.39. The molecule has 5 rings (SSSR count). The zero-order valence-corrected chi connectivity index (χ0v) is 20.8. The molecule has 1 aliphatic rings. The van der Waals surface area contributed by atoms with Gasteiger partial charge in [-0.1, -0.05) is 35.3 Å². The minimum atomic E-state index is -0.147. The summed E-state index contributed by atoms with van der Waals surface area (Å²) in [5, 5.41) is 4.07. The van der Waals surface area contributed by atoms with E-state index in [0.717, 1.165) is 31.2 Å². The predicted octanol–water partition coefficient (Wildman–Crippen LogP) is 5.19. The van der Waals surface area contributed by atoms with Crippen molar-refractivity contribution >= 4 is 40.3 Å². The Morgan fingerprint density at radius 1 is 1.09 bits per heavy atom. The number of pyridine rings is 2. The number of amides is 1. The molecule has 1 saturated carbocycles. The molecule has 1 aliphatic carbocycles. The van der Waals surface area contributed by atoms with Gasteiger partial charge in [-0.05, 0) is 68.9 Å². The van der Waals surface area contributed by atoms with Crippen LogP contribution < -0.4 is 11.0 Å². The Bertz CT molecular complexity index is 1450. The zero-order valence-electron chi connectivity index (χ0n) is 19.2. The highest BCUT2D eigenvalue weighted by Crippen LogP contribution is 2.28. The molecule has 1 aromatic carbocycles. The Labute approximate surface area is 212 Å². The Hall–Kier alpha value is -3.16. The van der Waals surface area contributed by atoms with Crippen LogP contribution in [0.1, 0.15) is 41.7 Å². The van der Waals surface area contributed by atoms with Gasteiger partial charge in [-0.25, -0.2) is 14.3 Å². The molecule has 3 aromatic heterocycles. The fourth-order valence-corrected chi connectivity index (χ4v) is 5.24. The zero-order chi connectivity index (χ0) is 24.5. The minimum Gasteiger partial charge on any atom is -0.349 e. The fraction of sp³-hybridized carbons (Fsp3) is 0.308. The smallest absolute Gasteiger partial charge is 0.335 e. The van der Waals surface area contributed by atoms with Crippen molar-refractivity contribution in [2.24, 2.45) is 5.92 Å². The van der Waals surface area contributed by atoms with E-state index in [1.54, 1.807) is 40.6 Å². The first-order valence-corrected chi connectivity index (χ1v) is 12.4. The third-order valence-electron chi connectivity index (χ3n) is 6.71. The summed E-state index contributed by atoms with van der Waals surface area (Å²) < 4.78 is 3.39. The van der Waals surface area contributed by atoms with Crippen LogP contribution in [0.5, 0.6) is 0 Å². The summed E-state index contributed by atoms with van der Waals surface area (Å²) >= 11 is 12.4. The lowest BCUT2D eigenvalue weighted by Gasteiger charge is -2.29. The lowest BCUT2D eigenvalue weighted by molar-refractivity contribution is 0.0919. The van der Waals surface area contributed by atoms with Crippen molar-refractivity contribution in [2.75, 3.05) is 0 Å². The number of fused-ring (bicyclic) bond motifs is 1. The summed E-state index contributed by atoms with van der Waals surface area (Å²) in [6, 6.07) is 12.8. The van der Waals surface area contributed by atoms with Crippen LogP contribution in [-0.4, -0.2) is 31.1 Å². The Balaban J connectivity index is 1.31. The average molecular weight is 510 g/mol. The first-order chi connectivity index (χ1) is 16.9. The molecule has 0 saturated heterocycles. The van der Waals surface area contributed by atoms with Crippen molar-refractivity contribution in [2.45, 2.75) is 45.2 Å². The molecule has 4 aromatic rings. The standard InChI is InChI=1S/C26H25Cl2N5O2/c1-16-20(13-18(27)14-30-16)25(34)31-19-10-8-17(9-11-19)15-32-23-7-4-12-29-24(23)33(26(32)35)22-6-3-2-5-21(22)28/h2-7,12-14,17,19H,8-11,15H2,1H3,(H,31,34). The van der Waals surface area contributed by atoms with Crippen molar-refractivity contribution in [3.63, 3.8) is 0 Å². The Morgan fingerprint density at radius 3 is 2.63 bits per heavy atom. The van der Waals surface area contributed by atoms with Crippen LogP contribution in [0.15, 0.2) is 59.7 Å². The Morgan fingerprint density at radius 2 is 1.86 bits per heavy atom. The number of carbonyl (C=O) groups excluding carboxylic acids is 1. The lowest BCUT2D eigenvalue weighted by Crippen LogP contribution is -2.39. The van der Waals surface area contributed by atoms with Crippen LogP contribution >= 0.6 is 23.2 Å². The van der Waals surface area contributed by atoms with E-state index >= 15 is 0 Å². The molecule has 7 nitrogen and oxygen atoms in total. The molecule has 180 valence electrons. The third kappa shape index (κ3) is 4.70. The number of aromatic nitrogens is 4. The number of hydrogen-bond acceptors (Lipinski definition) is 4. The SMILES string of the molecule is Cc1ncc(Cl)cc1C(=O)NC1CCC(Cn2c(=O)n(-c3ccccc3Cl)c3ncccc32)CC1. The van der Waals surface area contributed by atoms with E-state index in [1.807, 2.05) is 30.3 Å². The number of nitrogens with zero attached hydrogens (tertiary/aromatic N) is 4. The largest absolute Gasteiger partial charge is 0.349 e. The van der Waals surface area contributed by atoms with Crippen LogP contribution in [0.4, 0.5) is 0 Å². The summed E-state index contributed by atoms with van der Waals surface area (Å²) in [5.74, 6) is 0.173. The molecule has 1 fully saturated rings. The van der Waals surface area contributed by atoms with E-state index in [0.29, 0.717) is 45.1 Å². The maximum Gasteiger partial charge on any atom is 0.335 e. The van der Waals surface area contributed by atoms with Gasteiger partial charge < -0.3 is 5.32 Å². The first-order valence-electron chi connectivity index (χ1n) is 11.7. The van der Waals surface area contributed by atoms with Gasteiger partial charge in [0.25, 0.3) is 5.91 Å². The molecule has 1 amide bonds. The summed E-state index contributed by atoms with van der Waals surface area (Å²) in [6.07, 6.45) is 6.73. The summed E-state index contributed by atoms with van der Waals surface area (Å²) in [5.41, 5.74) is 3.02. The van der Waals surface area contributed by atoms with E-state index in [4.69, 9.17) is 23.2 Å². The molecule has 0 atom stereocenters. The van der Waals surface area contributed by atoms with E-state index < -0.39 is 0 Å². The number of carbonyl (C=O) groups is 1. The first kappa shape index (κ1) is 23.6. The molecule has 0 radical (unpaired) electrons. The number of aryl methyl sites for hydroxylation is 1. The molecule has 3 heterocycles. The number of imidazole rings is 1. The molecule has 1 N–H and O–H groups in total. The molecule has 0 bridgehead atoms. The topological polar surface area (TPSA) is 81.8 Å². The molecular formula is C26H25Cl2N5O2. The minimum absolute atomic E-state index is 0.0833. The van der Waals surface area contributed by atoms with Gasteiger partial charge in [0.1, 0.15) is 0 Å². The van der Waals surface area contributed by atoms with Gasteiger partial charge in [0.05, 0.1) is 32.5 Å².